The Hall–Kier alpha value is -2.14. The van der Waals surface area contributed by atoms with E-state index in [1.165, 1.54) is 84.6 Å². The molecule has 1 aromatic heterocycles. The van der Waals surface area contributed by atoms with Crippen LogP contribution in [-0.2, 0) is 10.0 Å². The van der Waals surface area contributed by atoms with E-state index < -0.39 is 15.9 Å². The number of carbonyl (C=O) groups is 1. The number of rotatable bonds is 8. The number of hydrogen-bond donors (Lipinski definition) is 1. The Kier molecular flexibility index (Phi) is 8.36. The third-order valence-corrected chi connectivity index (χ3v) is 9.81. The van der Waals surface area contributed by atoms with Gasteiger partial charge in [0.2, 0.25) is 10.0 Å². The number of pyridine rings is 1. The highest BCUT2D eigenvalue weighted by Gasteiger charge is 2.32. The molecule has 2 atom stereocenters. The van der Waals surface area contributed by atoms with E-state index in [1.807, 2.05) is 12.1 Å². The predicted molar refractivity (Wildman–Crippen MR) is 139 cm³/mol. The number of methoxy groups -OCH3 is 1. The average molecular weight is 519 g/mol. The van der Waals surface area contributed by atoms with Gasteiger partial charge in [-0.05, 0) is 75.0 Å². The van der Waals surface area contributed by atoms with Crippen LogP contribution in [0.4, 0.5) is 5.69 Å². The van der Waals surface area contributed by atoms with E-state index in [1.54, 1.807) is 18.0 Å². The number of ether oxygens (including phenoxy) is 1. The third kappa shape index (κ3) is 5.99. The van der Waals surface area contributed by atoms with Gasteiger partial charge in [-0.25, -0.2) is 17.7 Å². The Balaban J connectivity index is 1.40. The number of nitrogens with zero attached hydrogens (tertiary/aromatic N) is 3. The first-order valence-corrected chi connectivity index (χ1v) is 14.5. The normalized spacial score (nSPS) is 20.9. The lowest BCUT2D eigenvalue weighted by molar-refractivity contribution is 0.0693. The van der Waals surface area contributed by atoms with Crippen LogP contribution in [0.5, 0.6) is 5.75 Å². The van der Waals surface area contributed by atoms with Gasteiger partial charge in [0.25, 0.3) is 5.91 Å². The fourth-order valence-corrected chi connectivity index (χ4v) is 6.93. The molecular formula is C25H34N4O4S2. The molecule has 10 heteroatoms. The van der Waals surface area contributed by atoms with Crippen LogP contribution in [-0.4, -0.2) is 74.6 Å². The van der Waals surface area contributed by atoms with E-state index in [9.17, 15) is 13.2 Å². The van der Waals surface area contributed by atoms with Crippen LogP contribution in [0.25, 0.3) is 0 Å². The van der Waals surface area contributed by atoms with Crippen LogP contribution in [0.15, 0.2) is 46.5 Å². The maximum atomic E-state index is 13.0. The number of hydrogen-bond acceptors (Lipinski definition) is 7. The minimum absolute atomic E-state index is 0.0255. The van der Waals surface area contributed by atoms with Crippen LogP contribution in [0.1, 0.15) is 42.5 Å². The Morgan fingerprint density at radius 1 is 1.17 bits per heavy atom. The maximum absolute atomic E-state index is 13.0. The first kappa shape index (κ1) is 25.9. The SMILES string of the molecule is COc1ccc(S(=O)(=O)N(C)C)cc1C(=O)Nc1ccc(SCC2CCCN3CCCCC23)nc1. The smallest absolute Gasteiger partial charge is 0.259 e. The van der Waals surface area contributed by atoms with Crippen molar-refractivity contribution < 1.29 is 17.9 Å². The number of piperidine rings is 2. The highest BCUT2D eigenvalue weighted by atomic mass is 32.2. The summed E-state index contributed by atoms with van der Waals surface area (Å²) in [6.45, 7) is 2.49. The molecule has 8 nitrogen and oxygen atoms in total. The Labute approximate surface area is 212 Å². The van der Waals surface area contributed by atoms with Crippen LogP contribution in [0.3, 0.4) is 0 Å². The van der Waals surface area contributed by atoms with Gasteiger partial charge in [-0.15, -0.1) is 11.8 Å². The van der Waals surface area contributed by atoms with E-state index in [4.69, 9.17) is 4.74 Å². The first-order chi connectivity index (χ1) is 16.8. The summed E-state index contributed by atoms with van der Waals surface area (Å²) in [6.07, 6.45) is 8.18. The molecular weight excluding hydrogens is 484 g/mol. The maximum Gasteiger partial charge on any atom is 0.259 e. The Morgan fingerprint density at radius 3 is 2.69 bits per heavy atom. The molecule has 0 aliphatic carbocycles. The average Bonchev–Trinajstić information content (AvgIpc) is 2.87. The molecule has 4 rings (SSSR count). The van der Waals surface area contributed by atoms with Crippen LogP contribution in [0, 0.1) is 5.92 Å². The van der Waals surface area contributed by atoms with Crippen molar-refractivity contribution in [2.24, 2.45) is 5.92 Å². The second kappa shape index (κ2) is 11.3. The standard InChI is InChI=1S/C25H34N4O4S2/c1-28(2)35(31,32)20-10-11-23(33-3)21(15-20)25(30)27-19-9-12-24(26-16-19)34-17-18-7-6-14-29-13-5-4-8-22(18)29/h9-12,15-16,18,22H,4-8,13-14,17H2,1-3H3,(H,27,30). The van der Waals surface area contributed by atoms with Crippen molar-refractivity contribution in [3.63, 3.8) is 0 Å². The zero-order valence-corrected chi connectivity index (χ0v) is 22.2. The number of carbonyl (C=O) groups excluding carboxylic acids is 1. The van der Waals surface area contributed by atoms with E-state index in [0.717, 1.165) is 15.1 Å². The second-order valence-electron chi connectivity index (χ2n) is 9.30. The van der Waals surface area contributed by atoms with Gasteiger partial charge in [-0.2, -0.15) is 0 Å². The minimum atomic E-state index is -3.68. The highest BCUT2D eigenvalue weighted by molar-refractivity contribution is 7.99. The number of thioether (sulfide) groups is 1. The summed E-state index contributed by atoms with van der Waals surface area (Å²) < 4.78 is 31.4. The molecule has 1 amide bonds. The molecule has 3 heterocycles. The van der Waals surface area contributed by atoms with Crippen molar-refractivity contribution in [3.8, 4) is 5.75 Å². The number of sulfonamides is 1. The van der Waals surface area contributed by atoms with Gasteiger partial charge in [0.15, 0.2) is 0 Å². The highest BCUT2D eigenvalue weighted by Crippen LogP contribution is 2.34. The molecule has 0 radical (unpaired) electrons. The summed E-state index contributed by atoms with van der Waals surface area (Å²) in [4.78, 5) is 20.2. The Bertz CT molecular complexity index is 1140. The Morgan fingerprint density at radius 2 is 1.97 bits per heavy atom. The molecule has 2 saturated heterocycles. The summed E-state index contributed by atoms with van der Waals surface area (Å²) in [7, 11) is 0.660. The quantitative estimate of drug-likeness (QED) is 0.529. The molecule has 2 aliphatic rings. The van der Waals surface area contributed by atoms with Crippen LogP contribution < -0.4 is 10.1 Å². The lowest BCUT2D eigenvalue weighted by atomic mass is 9.85. The fourth-order valence-electron chi connectivity index (χ4n) is 4.94. The zero-order valence-electron chi connectivity index (χ0n) is 20.6. The molecule has 190 valence electrons. The largest absolute Gasteiger partial charge is 0.496 e. The third-order valence-electron chi connectivity index (χ3n) is 6.86. The molecule has 2 fully saturated rings. The number of benzene rings is 1. The molecule has 2 aromatic rings. The van der Waals surface area contributed by atoms with E-state index in [-0.39, 0.29) is 10.5 Å². The van der Waals surface area contributed by atoms with Gasteiger partial charge in [-0.3, -0.25) is 4.79 Å². The first-order valence-electron chi connectivity index (χ1n) is 12.0. The van der Waals surface area contributed by atoms with Gasteiger partial charge < -0.3 is 15.0 Å². The number of amides is 1. The molecule has 0 bridgehead atoms. The molecule has 2 unspecified atom stereocenters. The lowest BCUT2D eigenvalue weighted by Gasteiger charge is -2.44. The van der Waals surface area contributed by atoms with Crippen molar-refractivity contribution >= 4 is 33.4 Å². The van der Waals surface area contributed by atoms with Gasteiger partial charge >= 0.3 is 0 Å². The van der Waals surface area contributed by atoms with Gasteiger partial charge in [-0.1, -0.05) is 6.42 Å². The molecule has 35 heavy (non-hydrogen) atoms. The van der Waals surface area contributed by atoms with E-state index in [2.05, 4.69) is 15.2 Å². The number of anilines is 1. The van der Waals surface area contributed by atoms with Crippen molar-refractivity contribution in [1.82, 2.24) is 14.2 Å². The minimum Gasteiger partial charge on any atom is -0.496 e. The molecule has 1 N–H and O–H groups in total. The summed E-state index contributed by atoms with van der Waals surface area (Å²) in [5.41, 5.74) is 0.682. The van der Waals surface area contributed by atoms with Gasteiger partial charge in [0, 0.05) is 25.9 Å². The van der Waals surface area contributed by atoms with Crippen molar-refractivity contribution in [1.29, 1.82) is 0 Å². The van der Waals surface area contributed by atoms with Crippen LogP contribution >= 0.6 is 11.8 Å². The molecule has 0 spiro atoms. The fraction of sp³-hybridized carbons (Fsp3) is 0.520. The van der Waals surface area contributed by atoms with Crippen LogP contribution in [0.2, 0.25) is 0 Å². The zero-order chi connectivity index (χ0) is 25.0. The van der Waals surface area contributed by atoms with Crippen molar-refractivity contribution in [2.75, 3.05) is 45.4 Å². The van der Waals surface area contributed by atoms with Crippen molar-refractivity contribution in [3.05, 3.63) is 42.1 Å². The second-order valence-corrected chi connectivity index (χ2v) is 12.5. The molecule has 2 aliphatic heterocycles. The summed E-state index contributed by atoms with van der Waals surface area (Å²) in [5, 5.41) is 3.74. The van der Waals surface area contributed by atoms with Crippen molar-refractivity contribution in [2.45, 2.75) is 48.1 Å². The lowest BCUT2D eigenvalue weighted by Crippen LogP contribution is -2.48. The van der Waals surface area contributed by atoms with Gasteiger partial charge in [0.1, 0.15) is 5.75 Å². The summed E-state index contributed by atoms with van der Waals surface area (Å²) in [5.74, 6) is 1.60. The molecule has 1 aromatic carbocycles. The van der Waals surface area contributed by atoms with Gasteiger partial charge in [0.05, 0.1) is 34.5 Å². The summed E-state index contributed by atoms with van der Waals surface area (Å²) in [6, 6.07) is 8.71. The number of nitrogens with one attached hydrogen (secondary N) is 1. The topological polar surface area (TPSA) is 91.8 Å². The monoisotopic (exact) mass is 518 g/mol. The summed E-state index contributed by atoms with van der Waals surface area (Å²) >= 11 is 1.78. The predicted octanol–water partition coefficient (Wildman–Crippen LogP) is 3.95. The van der Waals surface area contributed by atoms with E-state index >= 15 is 0 Å². The molecule has 0 saturated carbocycles. The number of aromatic nitrogens is 1. The van der Waals surface area contributed by atoms with E-state index in [0.29, 0.717) is 23.4 Å². The number of fused-ring (bicyclic) bond motifs is 1.